The zero-order valence-corrected chi connectivity index (χ0v) is 14.5. The van der Waals surface area contributed by atoms with Gasteiger partial charge in [0.15, 0.2) is 15.5 Å². The second-order valence-electron chi connectivity index (χ2n) is 5.54. The third-order valence-electron chi connectivity index (χ3n) is 3.57. The number of aromatic nitrogens is 1. The van der Waals surface area contributed by atoms with Gasteiger partial charge in [-0.2, -0.15) is 0 Å². The molecule has 1 amide bonds. The van der Waals surface area contributed by atoms with Crippen molar-refractivity contribution in [2.24, 2.45) is 0 Å². The summed E-state index contributed by atoms with van der Waals surface area (Å²) >= 11 is 0. The van der Waals surface area contributed by atoms with E-state index in [2.05, 4.69) is 10.3 Å². The molecule has 1 N–H and O–H groups in total. The lowest BCUT2D eigenvalue weighted by molar-refractivity contribution is 0.102. The summed E-state index contributed by atoms with van der Waals surface area (Å²) in [6.45, 7) is 1.67. The smallest absolute Gasteiger partial charge is 0.277 e. The molecular weight excluding hydrogens is 340 g/mol. The number of nitrogens with zero attached hydrogens (tertiary/aromatic N) is 1. The van der Waals surface area contributed by atoms with Gasteiger partial charge in [-0.1, -0.05) is 18.2 Å². The first-order valence-corrected chi connectivity index (χ1v) is 9.38. The molecule has 0 aliphatic carbocycles. The number of benzene rings is 2. The van der Waals surface area contributed by atoms with E-state index in [1.165, 1.54) is 24.3 Å². The second kappa shape index (κ2) is 6.52. The molecule has 0 radical (unpaired) electrons. The normalized spacial score (nSPS) is 11.3. The van der Waals surface area contributed by atoms with Crippen molar-refractivity contribution in [2.45, 2.75) is 11.8 Å². The van der Waals surface area contributed by atoms with Gasteiger partial charge in [0.05, 0.1) is 4.90 Å². The van der Waals surface area contributed by atoms with E-state index in [-0.39, 0.29) is 10.6 Å². The van der Waals surface area contributed by atoms with Crippen LogP contribution in [0.4, 0.5) is 5.69 Å². The van der Waals surface area contributed by atoms with Crippen LogP contribution in [0, 0.1) is 6.92 Å². The highest BCUT2D eigenvalue weighted by Crippen LogP contribution is 2.22. The van der Waals surface area contributed by atoms with Crippen LogP contribution in [-0.4, -0.2) is 25.6 Å². The minimum atomic E-state index is -3.27. The third-order valence-corrected chi connectivity index (χ3v) is 4.70. The van der Waals surface area contributed by atoms with E-state index in [9.17, 15) is 13.2 Å². The number of carbonyl (C=O) groups excluding carboxylic acids is 1. The van der Waals surface area contributed by atoms with E-state index in [0.717, 1.165) is 11.8 Å². The van der Waals surface area contributed by atoms with Gasteiger partial charge < -0.3 is 9.73 Å². The molecular formula is C18H16N2O4S. The summed E-state index contributed by atoms with van der Waals surface area (Å²) in [4.78, 5) is 16.9. The van der Waals surface area contributed by atoms with Crippen LogP contribution < -0.4 is 5.32 Å². The van der Waals surface area contributed by atoms with E-state index in [4.69, 9.17) is 4.42 Å². The standard InChI is InChI=1S/C18H16N2O4S/c1-12-16(20-18(24-12)13-6-4-3-5-7-13)17(21)19-14-8-10-15(11-9-14)25(2,22)23/h3-11H,1-2H3,(H,19,21). The van der Waals surface area contributed by atoms with Crippen LogP contribution in [0.1, 0.15) is 16.2 Å². The number of hydrogen-bond acceptors (Lipinski definition) is 5. The average molecular weight is 356 g/mol. The van der Waals surface area contributed by atoms with Crippen molar-refractivity contribution in [1.82, 2.24) is 4.98 Å². The molecule has 0 saturated heterocycles. The molecule has 0 spiro atoms. The first kappa shape index (κ1) is 16.9. The molecule has 0 saturated carbocycles. The number of nitrogens with one attached hydrogen (secondary N) is 1. The topological polar surface area (TPSA) is 89.3 Å². The highest BCUT2D eigenvalue weighted by atomic mass is 32.2. The molecule has 0 bridgehead atoms. The zero-order chi connectivity index (χ0) is 18.0. The molecule has 0 aliphatic rings. The lowest BCUT2D eigenvalue weighted by atomic mass is 10.2. The van der Waals surface area contributed by atoms with Crippen molar-refractivity contribution >= 4 is 21.4 Å². The Morgan fingerprint density at radius 1 is 1.04 bits per heavy atom. The Morgan fingerprint density at radius 2 is 1.68 bits per heavy atom. The Hall–Kier alpha value is -2.93. The summed E-state index contributed by atoms with van der Waals surface area (Å²) in [6.07, 6.45) is 1.13. The van der Waals surface area contributed by atoms with Crippen molar-refractivity contribution < 1.29 is 17.6 Å². The van der Waals surface area contributed by atoms with Crippen molar-refractivity contribution in [2.75, 3.05) is 11.6 Å². The molecule has 7 heteroatoms. The summed E-state index contributed by atoms with van der Waals surface area (Å²) in [5.41, 5.74) is 1.44. The number of aryl methyl sites for hydroxylation is 1. The summed E-state index contributed by atoms with van der Waals surface area (Å²) < 4.78 is 28.5. The predicted octanol–water partition coefficient (Wildman–Crippen LogP) is 3.31. The fourth-order valence-corrected chi connectivity index (χ4v) is 2.92. The van der Waals surface area contributed by atoms with Crippen LogP contribution in [-0.2, 0) is 9.84 Å². The van der Waals surface area contributed by atoms with Crippen LogP contribution in [0.3, 0.4) is 0 Å². The lowest BCUT2D eigenvalue weighted by Crippen LogP contribution is -2.13. The minimum Gasteiger partial charge on any atom is -0.441 e. The molecule has 0 atom stereocenters. The van der Waals surface area contributed by atoms with Crippen LogP contribution in [0.5, 0.6) is 0 Å². The van der Waals surface area contributed by atoms with E-state index in [1.54, 1.807) is 6.92 Å². The number of amides is 1. The Bertz CT molecular complexity index is 1010. The molecule has 0 aliphatic heterocycles. The highest BCUT2D eigenvalue weighted by Gasteiger charge is 2.18. The number of oxazole rings is 1. The molecule has 2 aromatic carbocycles. The monoisotopic (exact) mass is 356 g/mol. The Morgan fingerprint density at radius 3 is 2.28 bits per heavy atom. The van der Waals surface area contributed by atoms with E-state index < -0.39 is 15.7 Å². The number of anilines is 1. The summed E-state index contributed by atoms with van der Waals surface area (Å²) in [7, 11) is -3.27. The van der Waals surface area contributed by atoms with Crippen molar-refractivity contribution in [3.63, 3.8) is 0 Å². The van der Waals surface area contributed by atoms with Gasteiger partial charge in [0, 0.05) is 17.5 Å². The fraction of sp³-hybridized carbons (Fsp3) is 0.111. The van der Waals surface area contributed by atoms with Crippen LogP contribution in [0.15, 0.2) is 63.9 Å². The predicted molar refractivity (Wildman–Crippen MR) is 94.2 cm³/mol. The van der Waals surface area contributed by atoms with Gasteiger partial charge in [-0.3, -0.25) is 4.79 Å². The highest BCUT2D eigenvalue weighted by molar-refractivity contribution is 7.90. The van der Waals surface area contributed by atoms with Crippen LogP contribution in [0.2, 0.25) is 0 Å². The Kier molecular flexibility index (Phi) is 4.41. The van der Waals surface area contributed by atoms with E-state index in [0.29, 0.717) is 17.3 Å². The van der Waals surface area contributed by atoms with Crippen molar-refractivity contribution in [3.05, 3.63) is 66.1 Å². The molecule has 1 heterocycles. The average Bonchev–Trinajstić information content (AvgIpc) is 2.97. The maximum atomic E-state index is 12.4. The van der Waals surface area contributed by atoms with Crippen molar-refractivity contribution in [1.29, 1.82) is 0 Å². The van der Waals surface area contributed by atoms with Crippen molar-refractivity contribution in [3.8, 4) is 11.5 Å². The summed E-state index contributed by atoms with van der Waals surface area (Å²) in [5.74, 6) is 0.357. The van der Waals surface area contributed by atoms with Gasteiger partial charge in [-0.15, -0.1) is 0 Å². The Balaban J connectivity index is 1.81. The number of carbonyl (C=O) groups is 1. The molecule has 3 rings (SSSR count). The molecule has 0 fully saturated rings. The molecule has 128 valence electrons. The molecule has 25 heavy (non-hydrogen) atoms. The maximum Gasteiger partial charge on any atom is 0.277 e. The summed E-state index contributed by atoms with van der Waals surface area (Å²) in [5, 5.41) is 2.69. The first-order valence-electron chi connectivity index (χ1n) is 7.49. The van der Waals surface area contributed by atoms with Gasteiger partial charge in [0.2, 0.25) is 5.89 Å². The largest absolute Gasteiger partial charge is 0.441 e. The summed E-state index contributed by atoms with van der Waals surface area (Å²) in [6, 6.07) is 15.2. The number of hydrogen-bond donors (Lipinski definition) is 1. The van der Waals surface area contributed by atoms with E-state index >= 15 is 0 Å². The molecule has 3 aromatic rings. The number of sulfone groups is 1. The Labute approximate surface area is 145 Å². The molecule has 1 aromatic heterocycles. The quantitative estimate of drug-likeness (QED) is 0.775. The van der Waals surface area contributed by atoms with Gasteiger partial charge in [-0.05, 0) is 43.3 Å². The first-order chi connectivity index (χ1) is 11.8. The van der Waals surface area contributed by atoms with Gasteiger partial charge in [-0.25, -0.2) is 13.4 Å². The lowest BCUT2D eigenvalue weighted by Gasteiger charge is -2.04. The molecule has 6 nitrogen and oxygen atoms in total. The van der Waals surface area contributed by atoms with Crippen LogP contribution >= 0.6 is 0 Å². The van der Waals surface area contributed by atoms with Gasteiger partial charge in [0.1, 0.15) is 5.76 Å². The van der Waals surface area contributed by atoms with E-state index in [1.807, 2.05) is 30.3 Å². The minimum absolute atomic E-state index is 0.186. The van der Waals surface area contributed by atoms with Gasteiger partial charge in [0.25, 0.3) is 5.91 Å². The SMILES string of the molecule is Cc1oc(-c2ccccc2)nc1C(=O)Nc1ccc(S(C)(=O)=O)cc1. The third kappa shape index (κ3) is 3.77. The fourth-order valence-electron chi connectivity index (χ4n) is 2.29. The van der Waals surface area contributed by atoms with Crippen LogP contribution in [0.25, 0.3) is 11.5 Å². The second-order valence-corrected chi connectivity index (χ2v) is 7.56. The maximum absolute atomic E-state index is 12.4. The van der Waals surface area contributed by atoms with Gasteiger partial charge >= 0.3 is 0 Å². The zero-order valence-electron chi connectivity index (χ0n) is 13.7. The number of rotatable bonds is 4. The molecule has 0 unspecified atom stereocenters.